The number of hydrogen-bond acceptors (Lipinski definition) is 0. The van der Waals surface area contributed by atoms with E-state index in [2.05, 4.69) is 36.4 Å². The standard InChI is InChI=1S/C40H58P2/c1-5-13-35(14-6-1)41(36-15-7-2-8-16-36)39-29-31-21-25-33(39)27-23-32-22-26-34(28-24-31)40(30-32)42(37-17-9-3-10-18-37)38-19-11-4-12-20-38/h21-22,25-26,29-30,35-38H,1-20,23-24,27-28H2. The third-order valence-corrected chi connectivity index (χ3v) is 19.3. The maximum atomic E-state index is 2.81. The molecule has 8 aliphatic carbocycles. The Bertz CT molecular complexity index is 1020. The molecular weight excluding hydrogens is 542 g/mol. The average molecular weight is 601 g/mol. The normalized spacial score (nSPS) is 23.9. The number of hydrogen-bond donors (Lipinski definition) is 0. The van der Waals surface area contributed by atoms with Crippen LogP contribution in [0.5, 0.6) is 0 Å². The lowest BCUT2D eigenvalue weighted by Crippen LogP contribution is -2.29. The Morgan fingerprint density at radius 3 is 0.976 bits per heavy atom. The van der Waals surface area contributed by atoms with Crippen molar-refractivity contribution in [2.45, 2.75) is 177 Å². The van der Waals surface area contributed by atoms with E-state index in [0.717, 1.165) is 22.6 Å². The van der Waals surface area contributed by atoms with Crippen LogP contribution in [0.1, 0.15) is 151 Å². The summed E-state index contributed by atoms with van der Waals surface area (Å²) in [7, 11) is -0.0659. The van der Waals surface area contributed by atoms with Gasteiger partial charge in [0, 0.05) is 0 Å². The fourth-order valence-electron chi connectivity index (χ4n) is 9.81. The highest BCUT2D eigenvalue weighted by Crippen LogP contribution is 2.57. The van der Waals surface area contributed by atoms with E-state index in [0.29, 0.717) is 0 Å². The first-order chi connectivity index (χ1) is 20.8. The van der Waals surface area contributed by atoms with Crippen molar-refractivity contribution in [3.63, 3.8) is 0 Å². The van der Waals surface area contributed by atoms with Crippen molar-refractivity contribution in [3.05, 3.63) is 58.7 Å². The second kappa shape index (κ2) is 14.6. The van der Waals surface area contributed by atoms with E-state index in [4.69, 9.17) is 0 Å². The molecule has 0 aromatic heterocycles. The molecule has 0 nitrogen and oxygen atoms in total. The van der Waals surface area contributed by atoms with Crippen molar-refractivity contribution in [3.8, 4) is 0 Å². The summed E-state index contributed by atoms with van der Waals surface area (Å²) in [6.07, 6.45) is 35.0. The minimum Gasteiger partial charge on any atom is -0.0686 e. The van der Waals surface area contributed by atoms with Gasteiger partial charge in [-0.15, -0.1) is 0 Å². The van der Waals surface area contributed by atoms with E-state index in [-0.39, 0.29) is 15.8 Å². The molecule has 228 valence electrons. The molecule has 0 aliphatic heterocycles. The highest BCUT2D eigenvalue weighted by atomic mass is 31.1. The molecule has 8 aliphatic rings. The van der Waals surface area contributed by atoms with Crippen molar-refractivity contribution < 1.29 is 0 Å². The van der Waals surface area contributed by atoms with Crippen LogP contribution in [0, 0.1) is 0 Å². The molecule has 0 unspecified atom stereocenters. The van der Waals surface area contributed by atoms with Gasteiger partial charge >= 0.3 is 0 Å². The highest BCUT2D eigenvalue weighted by molar-refractivity contribution is 7.67. The van der Waals surface area contributed by atoms with Gasteiger partial charge in [-0.25, -0.2) is 0 Å². The predicted molar refractivity (Wildman–Crippen MR) is 188 cm³/mol. The van der Waals surface area contributed by atoms with Crippen LogP contribution in [0.4, 0.5) is 0 Å². The van der Waals surface area contributed by atoms with Gasteiger partial charge in [0.05, 0.1) is 0 Å². The molecule has 10 rings (SSSR count). The van der Waals surface area contributed by atoms with Crippen LogP contribution in [-0.4, -0.2) is 22.6 Å². The SMILES string of the molecule is c1cc2c(P(C3CCCCC3)C3CCCCC3)cc1CCc1ccc(cc1P(C1CCCCC1)C1CCCCC1)CC2. The summed E-state index contributed by atoms with van der Waals surface area (Å²) in [6.45, 7) is 0. The summed E-state index contributed by atoms with van der Waals surface area (Å²) in [5.41, 5.74) is 10.8. The molecule has 2 aromatic rings. The Labute approximate surface area is 261 Å². The summed E-state index contributed by atoms with van der Waals surface area (Å²) >= 11 is 0. The van der Waals surface area contributed by atoms with Gasteiger partial charge in [-0.3, -0.25) is 0 Å². The molecule has 0 amide bonds. The van der Waals surface area contributed by atoms with Crippen LogP contribution < -0.4 is 10.6 Å². The van der Waals surface area contributed by atoms with Gasteiger partial charge in [0.2, 0.25) is 0 Å². The number of benzene rings is 2. The van der Waals surface area contributed by atoms with E-state index < -0.39 is 0 Å². The van der Waals surface area contributed by atoms with Crippen LogP contribution in [0.3, 0.4) is 0 Å². The van der Waals surface area contributed by atoms with Crippen molar-refractivity contribution >= 4 is 26.5 Å². The number of aryl methyl sites for hydroxylation is 4. The van der Waals surface area contributed by atoms with Crippen LogP contribution in [0.2, 0.25) is 0 Å². The van der Waals surface area contributed by atoms with Crippen molar-refractivity contribution in [1.29, 1.82) is 0 Å². The highest BCUT2D eigenvalue weighted by Gasteiger charge is 2.35. The van der Waals surface area contributed by atoms with E-state index in [1.807, 2.05) is 10.6 Å². The second-order valence-electron chi connectivity index (χ2n) is 14.9. The molecular formula is C40H58P2. The van der Waals surface area contributed by atoms with Crippen molar-refractivity contribution in [1.82, 2.24) is 0 Å². The summed E-state index contributed by atoms with van der Waals surface area (Å²) in [4.78, 5) is 0. The Kier molecular flexibility index (Phi) is 10.4. The molecule has 0 atom stereocenters. The second-order valence-corrected chi connectivity index (χ2v) is 20.4. The average Bonchev–Trinajstić information content (AvgIpc) is 3.05. The monoisotopic (exact) mass is 600 g/mol. The molecule has 0 spiro atoms. The molecule has 0 radical (unpaired) electrons. The quantitative estimate of drug-likeness (QED) is 0.289. The molecule has 2 aromatic carbocycles. The van der Waals surface area contributed by atoms with Crippen LogP contribution in [0.25, 0.3) is 0 Å². The van der Waals surface area contributed by atoms with E-state index in [1.54, 1.807) is 22.3 Å². The fourth-order valence-corrected chi connectivity index (χ4v) is 17.9. The molecule has 4 fully saturated rings. The first-order valence-electron chi connectivity index (χ1n) is 18.6. The summed E-state index contributed by atoms with van der Waals surface area (Å²) in [6, 6.07) is 16.0. The minimum absolute atomic E-state index is 0.0330. The number of rotatable bonds is 6. The van der Waals surface area contributed by atoms with Gasteiger partial charge in [0.15, 0.2) is 0 Å². The zero-order chi connectivity index (χ0) is 28.1. The van der Waals surface area contributed by atoms with Crippen molar-refractivity contribution in [2.24, 2.45) is 0 Å². The first-order valence-corrected chi connectivity index (χ1v) is 21.6. The van der Waals surface area contributed by atoms with Crippen LogP contribution in [0.15, 0.2) is 36.4 Å². The van der Waals surface area contributed by atoms with Crippen LogP contribution in [-0.2, 0) is 25.7 Å². The molecule has 4 saturated carbocycles. The van der Waals surface area contributed by atoms with Crippen LogP contribution >= 0.6 is 15.8 Å². The van der Waals surface area contributed by atoms with E-state index in [1.165, 1.54) is 154 Å². The minimum atomic E-state index is -0.0330. The predicted octanol–water partition coefficient (Wildman–Crippen LogP) is 11.1. The largest absolute Gasteiger partial charge is 0.0686 e. The Hall–Kier alpha value is -0.700. The molecule has 2 heteroatoms. The Morgan fingerprint density at radius 2 is 0.667 bits per heavy atom. The third kappa shape index (κ3) is 6.92. The topological polar surface area (TPSA) is 0 Å². The smallest absolute Gasteiger partial charge is 0.0166 e. The van der Waals surface area contributed by atoms with E-state index in [9.17, 15) is 0 Å². The lowest BCUT2D eigenvalue weighted by atomic mass is 9.96. The van der Waals surface area contributed by atoms with Gasteiger partial charge in [0.1, 0.15) is 0 Å². The molecule has 4 bridgehead atoms. The molecule has 42 heavy (non-hydrogen) atoms. The third-order valence-electron chi connectivity index (χ3n) is 12.1. The van der Waals surface area contributed by atoms with E-state index >= 15 is 0 Å². The van der Waals surface area contributed by atoms with Gasteiger partial charge in [-0.1, -0.05) is 129 Å². The molecule has 0 N–H and O–H groups in total. The maximum Gasteiger partial charge on any atom is -0.0166 e. The van der Waals surface area contributed by atoms with Gasteiger partial charge in [-0.05, 0) is 133 Å². The molecule has 0 heterocycles. The summed E-state index contributed by atoms with van der Waals surface area (Å²) in [5.74, 6) is 0. The lowest BCUT2D eigenvalue weighted by molar-refractivity contribution is 0.487. The first kappa shape index (κ1) is 30.0. The molecule has 0 saturated heterocycles. The summed E-state index contributed by atoms with van der Waals surface area (Å²) < 4.78 is 0. The zero-order valence-electron chi connectivity index (χ0n) is 26.6. The van der Waals surface area contributed by atoms with Gasteiger partial charge < -0.3 is 0 Å². The zero-order valence-corrected chi connectivity index (χ0v) is 28.4. The van der Waals surface area contributed by atoms with Crippen molar-refractivity contribution in [2.75, 3.05) is 0 Å². The maximum absolute atomic E-state index is 2.81. The fraction of sp³-hybridized carbons (Fsp3) is 0.700. The van der Waals surface area contributed by atoms with Gasteiger partial charge in [0.25, 0.3) is 0 Å². The Balaban J connectivity index is 1.21. The summed E-state index contributed by atoms with van der Waals surface area (Å²) in [5, 5.41) is 3.76. The van der Waals surface area contributed by atoms with Gasteiger partial charge in [-0.2, -0.15) is 0 Å². The Morgan fingerprint density at radius 1 is 0.357 bits per heavy atom. The lowest BCUT2D eigenvalue weighted by Gasteiger charge is -2.40.